The van der Waals surface area contributed by atoms with E-state index in [1.807, 2.05) is 0 Å². The maximum Gasteiger partial charge on any atom is 0.0702 e. The van der Waals surface area contributed by atoms with Crippen molar-refractivity contribution in [2.24, 2.45) is 11.8 Å². The first-order valence-electron chi connectivity index (χ1n) is 6.92. The van der Waals surface area contributed by atoms with Crippen LogP contribution in [-0.4, -0.2) is 37.2 Å². The van der Waals surface area contributed by atoms with E-state index in [0.717, 1.165) is 31.5 Å². The molecule has 0 radical (unpaired) electrons. The lowest BCUT2D eigenvalue weighted by atomic mass is 10.0. The molecular formula is C14H29NO. The first-order valence-corrected chi connectivity index (χ1v) is 6.92. The van der Waals surface area contributed by atoms with Crippen molar-refractivity contribution in [2.45, 2.75) is 53.1 Å². The largest absolute Gasteiger partial charge is 0.376 e. The minimum atomic E-state index is 0.492. The fraction of sp³-hybridized carbons (Fsp3) is 1.00. The summed E-state index contributed by atoms with van der Waals surface area (Å²) in [5.41, 5.74) is 0. The zero-order chi connectivity index (χ0) is 12.0. The highest BCUT2D eigenvalue weighted by molar-refractivity contribution is 4.72. The van der Waals surface area contributed by atoms with Gasteiger partial charge in [-0.1, -0.05) is 40.5 Å². The summed E-state index contributed by atoms with van der Waals surface area (Å²) in [6.07, 6.45) is 4.39. The molecule has 2 nitrogen and oxygen atoms in total. The molecule has 0 aromatic carbocycles. The van der Waals surface area contributed by atoms with Crippen LogP contribution in [0.25, 0.3) is 0 Å². The maximum absolute atomic E-state index is 5.83. The summed E-state index contributed by atoms with van der Waals surface area (Å²) in [5.74, 6) is 1.60. The van der Waals surface area contributed by atoms with Crippen molar-refractivity contribution in [2.75, 3.05) is 26.2 Å². The van der Waals surface area contributed by atoms with Crippen LogP contribution >= 0.6 is 0 Å². The van der Waals surface area contributed by atoms with Gasteiger partial charge in [-0.15, -0.1) is 0 Å². The molecule has 0 aromatic rings. The molecule has 1 saturated heterocycles. The fourth-order valence-electron chi connectivity index (χ4n) is 2.39. The predicted octanol–water partition coefficient (Wildman–Crippen LogP) is 3.17. The normalized spacial score (nSPS) is 23.2. The zero-order valence-corrected chi connectivity index (χ0v) is 11.5. The van der Waals surface area contributed by atoms with Crippen molar-refractivity contribution in [1.29, 1.82) is 0 Å². The third-order valence-electron chi connectivity index (χ3n) is 3.15. The first kappa shape index (κ1) is 14.0. The summed E-state index contributed by atoms with van der Waals surface area (Å²) in [6, 6.07) is 0. The van der Waals surface area contributed by atoms with Gasteiger partial charge in [-0.05, 0) is 18.3 Å². The molecule has 0 spiro atoms. The standard InChI is InChI=1S/C14H29NO/c1-12(2)6-5-7-14-11-15(8-9-16-14)10-13(3)4/h12-14H,5-11H2,1-4H3/t14-/m0/s1. The third kappa shape index (κ3) is 5.86. The van der Waals surface area contributed by atoms with Gasteiger partial charge in [0.25, 0.3) is 0 Å². The van der Waals surface area contributed by atoms with Gasteiger partial charge in [0, 0.05) is 19.6 Å². The van der Waals surface area contributed by atoms with Gasteiger partial charge < -0.3 is 4.74 Å². The Morgan fingerprint density at radius 1 is 1.19 bits per heavy atom. The van der Waals surface area contributed by atoms with Gasteiger partial charge in [0.05, 0.1) is 12.7 Å². The van der Waals surface area contributed by atoms with Crippen molar-refractivity contribution in [1.82, 2.24) is 4.90 Å². The highest BCUT2D eigenvalue weighted by Crippen LogP contribution is 2.15. The van der Waals surface area contributed by atoms with E-state index in [9.17, 15) is 0 Å². The summed E-state index contributed by atoms with van der Waals surface area (Å²) in [5, 5.41) is 0. The van der Waals surface area contributed by atoms with E-state index in [0.29, 0.717) is 6.10 Å². The molecule has 0 aliphatic carbocycles. The second kappa shape index (κ2) is 7.29. The number of hydrogen-bond acceptors (Lipinski definition) is 2. The Bertz CT molecular complexity index is 180. The number of ether oxygens (including phenoxy) is 1. The molecule has 0 aromatic heterocycles. The number of nitrogens with zero attached hydrogens (tertiary/aromatic N) is 1. The Morgan fingerprint density at radius 2 is 1.94 bits per heavy atom. The SMILES string of the molecule is CC(C)CCC[C@H]1CN(CC(C)C)CCO1. The molecule has 1 heterocycles. The lowest BCUT2D eigenvalue weighted by Gasteiger charge is -2.34. The van der Waals surface area contributed by atoms with Crippen LogP contribution in [0.4, 0.5) is 0 Å². The minimum absolute atomic E-state index is 0.492. The summed E-state index contributed by atoms with van der Waals surface area (Å²) in [6.45, 7) is 13.6. The van der Waals surface area contributed by atoms with Gasteiger partial charge in [0.2, 0.25) is 0 Å². The molecule has 1 aliphatic heterocycles. The van der Waals surface area contributed by atoms with E-state index in [2.05, 4.69) is 32.6 Å². The van der Waals surface area contributed by atoms with Crippen molar-refractivity contribution in [3.8, 4) is 0 Å². The van der Waals surface area contributed by atoms with E-state index in [-0.39, 0.29) is 0 Å². The molecule has 96 valence electrons. The Labute approximate surface area is 101 Å². The van der Waals surface area contributed by atoms with Crippen LogP contribution in [0.2, 0.25) is 0 Å². The highest BCUT2D eigenvalue weighted by atomic mass is 16.5. The molecule has 1 atom stereocenters. The monoisotopic (exact) mass is 227 g/mol. The third-order valence-corrected chi connectivity index (χ3v) is 3.15. The van der Waals surface area contributed by atoms with Gasteiger partial charge >= 0.3 is 0 Å². The predicted molar refractivity (Wildman–Crippen MR) is 69.7 cm³/mol. The molecule has 0 saturated carbocycles. The van der Waals surface area contributed by atoms with Crippen LogP contribution in [-0.2, 0) is 4.74 Å². The average Bonchev–Trinajstić information content (AvgIpc) is 2.16. The molecule has 16 heavy (non-hydrogen) atoms. The number of rotatable bonds is 6. The molecule has 1 aliphatic rings. The Kier molecular flexibility index (Phi) is 6.37. The molecule has 1 rings (SSSR count). The minimum Gasteiger partial charge on any atom is -0.376 e. The highest BCUT2D eigenvalue weighted by Gasteiger charge is 2.20. The second-order valence-electron chi connectivity index (χ2n) is 5.97. The summed E-state index contributed by atoms with van der Waals surface area (Å²) in [4.78, 5) is 2.56. The van der Waals surface area contributed by atoms with E-state index in [1.54, 1.807) is 0 Å². The summed E-state index contributed by atoms with van der Waals surface area (Å²) in [7, 11) is 0. The quantitative estimate of drug-likeness (QED) is 0.691. The average molecular weight is 227 g/mol. The second-order valence-corrected chi connectivity index (χ2v) is 5.97. The van der Waals surface area contributed by atoms with Crippen molar-refractivity contribution >= 4 is 0 Å². The fourth-order valence-corrected chi connectivity index (χ4v) is 2.39. The van der Waals surface area contributed by atoms with Crippen molar-refractivity contribution < 1.29 is 4.74 Å². The zero-order valence-electron chi connectivity index (χ0n) is 11.5. The van der Waals surface area contributed by atoms with E-state index < -0.39 is 0 Å². The molecule has 2 heteroatoms. The number of morpholine rings is 1. The number of hydrogen-bond donors (Lipinski definition) is 0. The van der Waals surface area contributed by atoms with Crippen LogP contribution < -0.4 is 0 Å². The van der Waals surface area contributed by atoms with Gasteiger partial charge in [-0.3, -0.25) is 4.90 Å². The Morgan fingerprint density at radius 3 is 2.56 bits per heavy atom. The van der Waals surface area contributed by atoms with Crippen LogP contribution in [0.1, 0.15) is 47.0 Å². The maximum atomic E-state index is 5.83. The van der Waals surface area contributed by atoms with Crippen LogP contribution in [0, 0.1) is 11.8 Å². The van der Waals surface area contributed by atoms with Crippen molar-refractivity contribution in [3.05, 3.63) is 0 Å². The Hall–Kier alpha value is -0.0800. The lowest BCUT2D eigenvalue weighted by Crippen LogP contribution is -2.43. The summed E-state index contributed by atoms with van der Waals surface area (Å²) >= 11 is 0. The smallest absolute Gasteiger partial charge is 0.0702 e. The Balaban J connectivity index is 2.17. The molecule has 1 fully saturated rings. The van der Waals surface area contributed by atoms with Crippen LogP contribution in [0.15, 0.2) is 0 Å². The van der Waals surface area contributed by atoms with E-state index in [1.165, 1.54) is 25.8 Å². The first-order chi connectivity index (χ1) is 7.58. The lowest BCUT2D eigenvalue weighted by molar-refractivity contribution is -0.0362. The molecule has 0 unspecified atom stereocenters. The van der Waals surface area contributed by atoms with E-state index >= 15 is 0 Å². The molecule has 0 N–H and O–H groups in total. The molecular weight excluding hydrogens is 198 g/mol. The molecule has 0 amide bonds. The molecule has 0 bridgehead atoms. The van der Waals surface area contributed by atoms with Gasteiger partial charge in [0.1, 0.15) is 0 Å². The van der Waals surface area contributed by atoms with Gasteiger partial charge in [-0.2, -0.15) is 0 Å². The summed E-state index contributed by atoms with van der Waals surface area (Å²) < 4.78 is 5.83. The van der Waals surface area contributed by atoms with E-state index in [4.69, 9.17) is 4.74 Å². The van der Waals surface area contributed by atoms with Crippen LogP contribution in [0.3, 0.4) is 0 Å². The van der Waals surface area contributed by atoms with Gasteiger partial charge in [0.15, 0.2) is 0 Å². The van der Waals surface area contributed by atoms with Gasteiger partial charge in [-0.25, -0.2) is 0 Å². The van der Waals surface area contributed by atoms with Crippen LogP contribution in [0.5, 0.6) is 0 Å². The topological polar surface area (TPSA) is 12.5 Å². The van der Waals surface area contributed by atoms with Crippen molar-refractivity contribution in [3.63, 3.8) is 0 Å².